The number of aldehydes is 1. The van der Waals surface area contributed by atoms with Gasteiger partial charge in [-0.05, 0) is 132 Å². The van der Waals surface area contributed by atoms with Crippen LogP contribution in [0.1, 0.15) is 116 Å². The maximum Gasteiger partial charge on any atom is 0.332 e. The molecular weight excluding hydrogens is 894 g/mol. The molecule has 0 fully saturated rings. The smallest absolute Gasteiger partial charge is 0.332 e. The third-order valence-corrected chi connectivity index (χ3v) is 10.3. The maximum absolute atomic E-state index is 13.4. The first-order chi connectivity index (χ1) is 31.9. The maximum atomic E-state index is 13.4. The van der Waals surface area contributed by atoms with E-state index in [9.17, 15) is 28.8 Å². The van der Waals surface area contributed by atoms with Crippen molar-refractivity contribution < 1.29 is 47.7 Å². The first kappa shape index (κ1) is 53.5. The normalized spacial score (nSPS) is 14.7. The van der Waals surface area contributed by atoms with Gasteiger partial charge in [-0.15, -0.1) is 11.6 Å². The number of nitrogens with zero attached hydrogens (tertiary/aromatic N) is 3. The molecule has 2 atom stereocenters. The lowest BCUT2D eigenvalue weighted by Crippen LogP contribution is -2.56. The quantitative estimate of drug-likeness (QED) is 0.0623. The van der Waals surface area contributed by atoms with Crippen molar-refractivity contribution in [2.45, 2.75) is 106 Å². The Morgan fingerprint density at radius 3 is 1.35 bits per heavy atom. The number of hydrazine groups is 2. The monoisotopic (exact) mass is 955 g/mol. The molecule has 0 saturated heterocycles. The second kappa shape index (κ2) is 22.6. The number of carbonyl (C=O) groups excluding carboxylic acids is 6. The van der Waals surface area contributed by atoms with Crippen LogP contribution in [0.3, 0.4) is 0 Å². The number of carbonyl (C=O) groups is 6. The fourth-order valence-corrected chi connectivity index (χ4v) is 7.21. The van der Waals surface area contributed by atoms with Crippen LogP contribution in [0.2, 0.25) is 0 Å². The molecule has 6 rings (SSSR count). The molecule has 2 aliphatic heterocycles. The van der Waals surface area contributed by atoms with Crippen LogP contribution in [0, 0.1) is 41.5 Å². The molecule has 4 aromatic carbocycles. The molecule has 364 valence electrons. The summed E-state index contributed by atoms with van der Waals surface area (Å²) in [7, 11) is 0. The molecule has 0 unspecified atom stereocenters. The minimum Gasteiger partial charge on any atom is -0.485 e. The van der Waals surface area contributed by atoms with E-state index in [0.717, 1.165) is 22.3 Å². The summed E-state index contributed by atoms with van der Waals surface area (Å²) in [6.45, 7) is 22.5. The number of aryl methyl sites for hydroxylation is 4. The van der Waals surface area contributed by atoms with Crippen molar-refractivity contribution in [3.63, 3.8) is 0 Å². The van der Waals surface area contributed by atoms with Gasteiger partial charge in [0.15, 0.2) is 41.5 Å². The third kappa shape index (κ3) is 13.5. The lowest BCUT2D eigenvalue weighted by Gasteiger charge is -2.36. The van der Waals surface area contributed by atoms with Gasteiger partial charge < -0.3 is 24.7 Å². The number of hydrazone groups is 1. The second-order valence-corrected chi connectivity index (χ2v) is 18.2. The summed E-state index contributed by atoms with van der Waals surface area (Å²) in [5, 5.41) is 6.38. The van der Waals surface area contributed by atoms with Crippen LogP contribution in [0.15, 0.2) is 65.8 Å². The highest BCUT2D eigenvalue weighted by atomic mass is 35.5. The Balaban J connectivity index is 0.000000288. The van der Waals surface area contributed by atoms with Crippen molar-refractivity contribution in [1.29, 1.82) is 0 Å². The van der Waals surface area contributed by atoms with Crippen LogP contribution in [-0.2, 0) is 4.79 Å². The summed E-state index contributed by atoms with van der Waals surface area (Å²) >= 11 is 4.64. The van der Waals surface area contributed by atoms with Gasteiger partial charge in [0, 0.05) is 39.8 Å². The Morgan fingerprint density at radius 1 is 0.632 bits per heavy atom. The number of ether oxygens (including phenoxy) is 4. The van der Waals surface area contributed by atoms with Crippen molar-refractivity contribution in [2.75, 3.05) is 19.6 Å². The third-order valence-electron chi connectivity index (χ3n) is 10.3. The van der Waals surface area contributed by atoms with Crippen LogP contribution < -0.4 is 41.0 Å². The summed E-state index contributed by atoms with van der Waals surface area (Å²) < 4.78 is 22.8. The Hall–Kier alpha value is -7.14. The van der Waals surface area contributed by atoms with Gasteiger partial charge in [0.25, 0.3) is 23.6 Å². The summed E-state index contributed by atoms with van der Waals surface area (Å²) in [5.41, 5.74) is 17.8. The molecule has 0 aromatic heterocycles. The fourth-order valence-electron chi connectivity index (χ4n) is 7.21. The molecule has 68 heavy (non-hydrogen) atoms. The molecular formula is C50H62ClN7O10. The number of alkyl halides is 1. The molecule has 2 heterocycles. The van der Waals surface area contributed by atoms with Crippen molar-refractivity contribution in [3.8, 4) is 23.0 Å². The predicted octanol–water partition coefficient (Wildman–Crippen LogP) is 7.38. The van der Waals surface area contributed by atoms with Crippen molar-refractivity contribution in [3.05, 3.63) is 116 Å². The Bertz CT molecular complexity index is 2540. The highest BCUT2D eigenvalue weighted by Gasteiger charge is 2.34. The van der Waals surface area contributed by atoms with Crippen molar-refractivity contribution in [1.82, 2.24) is 26.3 Å². The summed E-state index contributed by atoms with van der Waals surface area (Å²) in [5.74, 6) is 0.158. The molecule has 18 heteroatoms. The van der Waals surface area contributed by atoms with Gasteiger partial charge >= 0.3 is 6.03 Å². The predicted molar refractivity (Wildman–Crippen MR) is 260 cm³/mol. The first-order valence-electron chi connectivity index (χ1n) is 21.6. The van der Waals surface area contributed by atoms with Gasteiger partial charge in [0.1, 0.15) is 13.2 Å². The Morgan fingerprint density at radius 2 is 1.00 bits per heavy atom. The summed E-state index contributed by atoms with van der Waals surface area (Å²) in [6, 6.07) is 16.9. The molecule has 0 saturated carbocycles. The van der Waals surface area contributed by atoms with Gasteiger partial charge in [-0.1, -0.05) is 34.4 Å². The van der Waals surface area contributed by atoms with Crippen LogP contribution in [0.5, 0.6) is 23.0 Å². The van der Waals surface area contributed by atoms with E-state index in [4.69, 9.17) is 24.7 Å². The number of hydrogen-bond acceptors (Lipinski definition) is 11. The molecule has 0 aliphatic carbocycles. The SMILES string of the molecule is CCl.Cc1cc(C)cc(C(=O)N(NC(=O)c2ccc3c(c2C)O[C@@H](/C=N\NC(N)=O)CO3)C(C)(C)C)c1.Cc1cc(C)cc(C(=O)N(NC(=O)c2ccc3c(c2C)O[C@@H](C=O)CO3)C(C)(C)C)c1. The van der Waals surface area contributed by atoms with Crippen molar-refractivity contribution in [2.24, 2.45) is 10.8 Å². The van der Waals surface area contributed by atoms with E-state index in [1.54, 1.807) is 62.4 Å². The number of nitrogens with one attached hydrogen (secondary N) is 3. The largest absolute Gasteiger partial charge is 0.485 e. The molecule has 0 bridgehead atoms. The molecule has 0 radical (unpaired) electrons. The minimum absolute atomic E-state index is 0.129. The van der Waals surface area contributed by atoms with Crippen LogP contribution in [0.4, 0.5) is 4.79 Å². The second-order valence-electron chi connectivity index (χ2n) is 18.2. The van der Waals surface area contributed by atoms with Gasteiger partial charge in [0.2, 0.25) is 0 Å². The van der Waals surface area contributed by atoms with Gasteiger partial charge in [-0.25, -0.2) is 20.2 Å². The van der Waals surface area contributed by atoms with E-state index >= 15 is 0 Å². The number of urea groups is 1. The van der Waals surface area contributed by atoms with E-state index in [1.165, 1.54) is 22.6 Å². The molecule has 6 amide bonds. The summed E-state index contributed by atoms with van der Waals surface area (Å²) in [6.07, 6.45) is 2.17. The molecule has 0 spiro atoms. The van der Waals surface area contributed by atoms with Crippen molar-refractivity contribution >= 4 is 53.8 Å². The lowest BCUT2D eigenvalue weighted by molar-refractivity contribution is -0.115. The summed E-state index contributed by atoms with van der Waals surface area (Å²) in [4.78, 5) is 75.0. The van der Waals surface area contributed by atoms with Gasteiger partial charge in [-0.3, -0.25) is 34.8 Å². The number of primary amides is 1. The number of amides is 6. The highest BCUT2D eigenvalue weighted by Crippen LogP contribution is 2.38. The van der Waals surface area contributed by atoms with Gasteiger partial charge in [-0.2, -0.15) is 5.10 Å². The number of nitrogens with two attached hydrogens (primary N) is 1. The zero-order valence-corrected chi connectivity index (χ0v) is 41.6. The van der Waals surface area contributed by atoms with Crippen LogP contribution in [-0.4, -0.2) is 95.1 Å². The topological polar surface area (TPSA) is 220 Å². The fraction of sp³-hybridized carbons (Fsp3) is 0.380. The molecule has 5 N–H and O–H groups in total. The number of fused-ring (bicyclic) bond motifs is 2. The number of rotatable bonds is 7. The number of halogens is 1. The van der Waals surface area contributed by atoms with E-state index in [1.807, 2.05) is 81.4 Å². The average molecular weight is 957 g/mol. The van der Waals surface area contributed by atoms with E-state index < -0.39 is 41.1 Å². The molecule has 4 aromatic rings. The lowest BCUT2D eigenvalue weighted by atomic mass is 10.0. The van der Waals surface area contributed by atoms with Gasteiger partial charge in [0.05, 0.1) is 17.3 Å². The highest BCUT2D eigenvalue weighted by molar-refractivity contribution is 6.15. The first-order valence-corrected chi connectivity index (χ1v) is 22.4. The molecule has 2 aliphatic rings. The van der Waals surface area contributed by atoms with E-state index in [0.29, 0.717) is 62.7 Å². The zero-order chi connectivity index (χ0) is 50.8. The minimum atomic E-state index is -0.799. The Labute approximate surface area is 402 Å². The van der Waals surface area contributed by atoms with Crippen LogP contribution in [0.25, 0.3) is 0 Å². The van der Waals surface area contributed by atoms with E-state index in [-0.39, 0.29) is 25.0 Å². The number of benzene rings is 4. The molecule has 17 nitrogen and oxygen atoms in total. The zero-order valence-electron chi connectivity index (χ0n) is 40.9. The average Bonchev–Trinajstić information content (AvgIpc) is 3.26. The number of hydrogen-bond donors (Lipinski definition) is 4. The van der Waals surface area contributed by atoms with E-state index in [2.05, 4.69) is 33.0 Å². The Kier molecular flexibility index (Phi) is 17.7. The standard InChI is InChI=1S/C25H31N5O5.C24H28N2O5.CH3Cl/c1-14-9-15(2)11-17(10-14)23(32)30(25(4,5)6)29-22(31)19-7-8-20-21(16(19)3)35-18(13-34-20)12-27-28-24(26)33;1-14-9-15(2)11-17(10-14)23(29)26(24(4,5)6)25-22(28)19-7-8-20-21(16(19)3)31-18(12-27)13-30-20;1-2/h7-12,18H,13H2,1-6H3,(H,29,31)(H3,26,28,33);7-12,18H,13H2,1-6H3,(H,25,28);1H3/b27-12-;;/t2*18-;/m00./s1. The van der Waals surface area contributed by atoms with Crippen LogP contribution >= 0.6 is 11.6 Å².